The molecule has 0 heterocycles. The first-order valence-electron chi connectivity index (χ1n) is 6.97. The molecule has 0 aliphatic heterocycles. The summed E-state index contributed by atoms with van der Waals surface area (Å²) in [5, 5.41) is 3.08. The van der Waals surface area contributed by atoms with E-state index in [9.17, 15) is 0 Å². The van der Waals surface area contributed by atoms with Gasteiger partial charge in [-0.15, -0.1) is 35.7 Å². The molecule has 2 rings (SSSR count). The van der Waals surface area contributed by atoms with Crippen LogP contribution in [0.25, 0.3) is 0 Å². The van der Waals surface area contributed by atoms with E-state index in [0.717, 1.165) is 11.4 Å². The average molecular weight is 443 g/mol. The Labute approximate surface area is 158 Å². The number of nitrogens with zero attached hydrogens (tertiary/aromatic N) is 1. The van der Waals surface area contributed by atoms with Crippen molar-refractivity contribution in [3.63, 3.8) is 0 Å². The van der Waals surface area contributed by atoms with Crippen LogP contribution in [0.1, 0.15) is 11.1 Å². The summed E-state index contributed by atoms with van der Waals surface area (Å²) in [6, 6.07) is 13.9. The molecule has 0 bridgehead atoms. The number of ether oxygens (including phenoxy) is 1. The van der Waals surface area contributed by atoms with E-state index in [1.165, 1.54) is 16.0 Å². The first-order chi connectivity index (χ1) is 10.6. The minimum Gasteiger partial charge on any atom is -0.497 e. The van der Waals surface area contributed by atoms with Crippen molar-refractivity contribution in [2.24, 2.45) is 10.7 Å². The summed E-state index contributed by atoms with van der Waals surface area (Å²) in [6.07, 6.45) is 2.07. The zero-order valence-electron chi connectivity index (χ0n) is 13.5. The van der Waals surface area contributed by atoms with Crippen LogP contribution in [-0.2, 0) is 6.54 Å². The Balaban J connectivity index is 0.00000264. The number of aryl methyl sites for hydroxylation is 1. The Kier molecular flexibility index (Phi) is 8.25. The highest BCUT2D eigenvalue weighted by Gasteiger charge is 2.02. The standard InChI is InChI=1S/C17H21N3OS.HI/c1-12-7-8-13(16(9-12)22-3)11-19-17(18)20-14-5-4-6-15(10-14)21-2;/h4-10H,11H2,1-3H3,(H3,18,19,20);1H. The smallest absolute Gasteiger partial charge is 0.193 e. The van der Waals surface area contributed by atoms with Gasteiger partial charge in [0.15, 0.2) is 5.96 Å². The number of benzene rings is 2. The molecule has 0 fully saturated rings. The van der Waals surface area contributed by atoms with Crippen LogP contribution in [0.4, 0.5) is 5.69 Å². The fourth-order valence-corrected chi connectivity index (χ4v) is 2.74. The van der Waals surface area contributed by atoms with Crippen molar-refractivity contribution in [3.8, 4) is 5.75 Å². The third-order valence-corrected chi connectivity index (χ3v) is 4.02. The molecular formula is C17H22IN3OS. The topological polar surface area (TPSA) is 59.6 Å². The fourth-order valence-electron chi connectivity index (χ4n) is 2.04. The van der Waals surface area contributed by atoms with E-state index in [0.29, 0.717) is 12.5 Å². The van der Waals surface area contributed by atoms with E-state index in [1.807, 2.05) is 24.3 Å². The molecule has 3 N–H and O–H groups in total. The molecule has 0 aromatic heterocycles. The first kappa shape index (κ1) is 19.6. The number of methoxy groups -OCH3 is 1. The summed E-state index contributed by atoms with van der Waals surface area (Å²) in [4.78, 5) is 5.65. The minimum atomic E-state index is 0. The van der Waals surface area contributed by atoms with E-state index in [1.54, 1.807) is 18.9 Å². The monoisotopic (exact) mass is 443 g/mol. The zero-order chi connectivity index (χ0) is 15.9. The number of rotatable bonds is 5. The minimum absolute atomic E-state index is 0. The third kappa shape index (κ3) is 5.95. The molecular weight excluding hydrogens is 421 g/mol. The summed E-state index contributed by atoms with van der Waals surface area (Å²) in [6.45, 7) is 2.64. The lowest BCUT2D eigenvalue weighted by Gasteiger charge is -2.09. The lowest BCUT2D eigenvalue weighted by molar-refractivity contribution is 0.415. The van der Waals surface area contributed by atoms with Gasteiger partial charge in [0.2, 0.25) is 0 Å². The van der Waals surface area contributed by atoms with Crippen LogP contribution in [0.3, 0.4) is 0 Å². The summed E-state index contributed by atoms with van der Waals surface area (Å²) in [5.74, 6) is 1.17. The highest BCUT2D eigenvalue weighted by molar-refractivity contribution is 14.0. The van der Waals surface area contributed by atoms with Crippen molar-refractivity contribution in [1.82, 2.24) is 0 Å². The fraction of sp³-hybridized carbons (Fsp3) is 0.235. The number of hydrogen-bond acceptors (Lipinski definition) is 3. The molecule has 0 aliphatic rings. The molecule has 0 amide bonds. The number of anilines is 1. The van der Waals surface area contributed by atoms with Gasteiger partial charge in [-0.05, 0) is 42.5 Å². The number of thioether (sulfide) groups is 1. The molecule has 23 heavy (non-hydrogen) atoms. The van der Waals surface area contributed by atoms with Crippen LogP contribution < -0.4 is 15.8 Å². The van der Waals surface area contributed by atoms with Crippen molar-refractivity contribution < 1.29 is 4.74 Å². The molecule has 2 aromatic rings. The van der Waals surface area contributed by atoms with Gasteiger partial charge in [-0.25, -0.2) is 4.99 Å². The summed E-state index contributed by atoms with van der Waals surface area (Å²) in [5.41, 5.74) is 9.24. The SMILES string of the molecule is COc1cccc(NC(N)=NCc2ccc(C)cc2SC)c1.I. The van der Waals surface area contributed by atoms with Gasteiger partial charge in [0.25, 0.3) is 0 Å². The average Bonchev–Trinajstić information content (AvgIpc) is 2.53. The number of nitrogens with one attached hydrogen (secondary N) is 1. The zero-order valence-corrected chi connectivity index (χ0v) is 16.6. The molecule has 124 valence electrons. The van der Waals surface area contributed by atoms with Crippen molar-refractivity contribution in [2.45, 2.75) is 18.4 Å². The van der Waals surface area contributed by atoms with Crippen molar-refractivity contribution in [3.05, 3.63) is 53.6 Å². The number of halogens is 1. The largest absolute Gasteiger partial charge is 0.497 e. The maximum Gasteiger partial charge on any atom is 0.193 e. The molecule has 6 heteroatoms. The van der Waals surface area contributed by atoms with Gasteiger partial charge < -0.3 is 15.8 Å². The molecule has 0 saturated heterocycles. The Bertz CT molecular complexity index is 677. The Hall–Kier alpha value is -1.41. The number of aliphatic imine (C=N–C) groups is 1. The molecule has 0 aliphatic carbocycles. The molecule has 0 unspecified atom stereocenters. The second kappa shape index (κ2) is 9.67. The van der Waals surface area contributed by atoms with Gasteiger partial charge in [0.05, 0.1) is 13.7 Å². The van der Waals surface area contributed by atoms with E-state index < -0.39 is 0 Å². The van der Waals surface area contributed by atoms with Gasteiger partial charge in [0, 0.05) is 16.6 Å². The van der Waals surface area contributed by atoms with Crippen LogP contribution in [-0.4, -0.2) is 19.3 Å². The van der Waals surface area contributed by atoms with Crippen LogP contribution in [0.2, 0.25) is 0 Å². The van der Waals surface area contributed by atoms with Gasteiger partial charge in [0.1, 0.15) is 5.75 Å². The normalized spacial score (nSPS) is 10.8. The number of hydrogen-bond donors (Lipinski definition) is 2. The van der Waals surface area contributed by atoms with Crippen molar-refractivity contribution >= 4 is 47.4 Å². The highest BCUT2D eigenvalue weighted by Crippen LogP contribution is 2.22. The van der Waals surface area contributed by atoms with E-state index in [2.05, 4.69) is 41.7 Å². The predicted octanol–water partition coefficient (Wildman–Crippen LogP) is 4.27. The second-order valence-corrected chi connectivity index (χ2v) is 5.72. The van der Waals surface area contributed by atoms with Crippen LogP contribution >= 0.6 is 35.7 Å². The Morgan fingerprint density at radius 3 is 2.74 bits per heavy atom. The molecule has 0 spiro atoms. The maximum absolute atomic E-state index is 5.96. The van der Waals surface area contributed by atoms with Crippen LogP contribution in [0, 0.1) is 6.92 Å². The quantitative estimate of drug-likeness (QED) is 0.314. The molecule has 2 aromatic carbocycles. The summed E-state index contributed by atoms with van der Waals surface area (Å²) < 4.78 is 5.18. The number of guanidine groups is 1. The van der Waals surface area contributed by atoms with Crippen molar-refractivity contribution in [2.75, 3.05) is 18.7 Å². The summed E-state index contributed by atoms with van der Waals surface area (Å²) in [7, 11) is 1.64. The maximum atomic E-state index is 5.96. The highest BCUT2D eigenvalue weighted by atomic mass is 127. The molecule has 4 nitrogen and oxygen atoms in total. The van der Waals surface area contributed by atoms with Gasteiger partial charge in [-0.2, -0.15) is 0 Å². The molecule has 0 atom stereocenters. The Morgan fingerprint density at radius 1 is 1.26 bits per heavy atom. The lowest BCUT2D eigenvalue weighted by Crippen LogP contribution is -2.22. The van der Waals surface area contributed by atoms with E-state index >= 15 is 0 Å². The summed E-state index contributed by atoms with van der Waals surface area (Å²) >= 11 is 1.72. The molecule has 0 radical (unpaired) electrons. The number of nitrogens with two attached hydrogens (primary N) is 1. The van der Waals surface area contributed by atoms with E-state index in [-0.39, 0.29) is 24.0 Å². The van der Waals surface area contributed by atoms with Gasteiger partial charge in [-0.3, -0.25) is 0 Å². The van der Waals surface area contributed by atoms with Crippen LogP contribution in [0.15, 0.2) is 52.4 Å². The van der Waals surface area contributed by atoms with Gasteiger partial charge in [-0.1, -0.05) is 18.2 Å². The first-order valence-corrected chi connectivity index (χ1v) is 8.19. The molecule has 0 saturated carbocycles. The van der Waals surface area contributed by atoms with Gasteiger partial charge >= 0.3 is 0 Å². The van der Waals surface area contributed by atoms with Crippen molar-refractivity contribution in [1.29, 1.82) is 0 Å². The van der Waals surface area contributed by atoms with Crippen LogP contribution in [0.5, 0.6) is 5.75 Å². The third-order valence-electron chi connectivity index (χ3n) is 3.20. The predicted molar refractivity (Wildman–Crippen MR) is 110 cm³/mol. The Morgan fingerprint density at radius 2 is 2.04 bits per heavy atom. The second-order valence-electron chi connectivity index (χ2n) is 4.87. The lowest BCUT2D eigenvalue weighted by atomic mass is 10.1. The van der Waals surface area contributed by atoms with E-state index in [4.69, 9.17) is 10.5 Å².